The van der Waals surface area contributed by atoms with E-state index < -0.39 is 0 Å². The van der Waals surface area contributed by atoms with E-state index in [2.05, 4.69) is 31.1 Å². The van der Waals surface area contributed by atoms with Gasteiger partial charge in [-0.25, -0.2) is 0 Å². The molecule has 0 aliphatic carbocycles. The fraction of sp³-hybridized carbons (Fsp3) is 0. The van der Waals surface area contributed by atoms with Crippen molar-refractivity contribution in [2.75, 3.05) is 0 Å². The molecule has 3 aromatic rings. The quantitative estimate of drug-likeness (QED) is 0.757. The molecule has 100 valence electrons. The molecule has 0 saturated heterocycles. The van der Waals surface area contributed by atoms with Crippen LogP contribution in [0.25, 0.3) is 23.0 Å². The summed E-state index contributed by atoms with van der Waals surface area (Å²) in [5, 5.41) is 13.8. The number of aromatic hydroxyl groups is 1. The number of rotatable bonds is 2. The molecule has 2 aromatic heterocycles. The van der Waals surface area contributed by atoms with Crippen LogP contribution in [0.2, 0.25) is 5.02 Å². The standard InChI is InChI=1S/C13H7BrClN3O2/c14-7-1-4-11(16-6-7)12-17-13(20-18-12)9-5-8(19)2-3-10(9)15/h1-6,19H. The van der Waals surface area contributed by atoms with Gasteiger partial charge in [0, 0.05) is 10.7 Å². The van der Waals surface area contributed by atoms with Crippen LogP contribution in [0.5, 0.6) is 5.75 Å². The number of aromatic nitrogens is 3. The maximum absolute atomic E-state index is 9.49. The summed E-state index contributed by atoms with van der Waals surface area (Å²) in [6, 6.07) is 8.12. The largest absolute Gasteiger partial charge is 0.508 e. The van der Waals surface area contributed by atoms with E-state index >= 15 is 0 Å². The van der Waals surface area contributed by atoms with Crippen molar-refractivity contribution in [2.24, 2.45) is 0 Å². The van der Waals surface area contributed by atoms with Gasteiger partial charge in [0.05, 0.1) is 10.6 Å². The first kappa shape index (κ1) is 13.1. The molecule has 0 saturated carbocycles. The van der Waals surface area contributed by atoms with Crippen LogP contribution in [0.15, 0.2) is 45.5 Å². The molecule has 3 rings (SSSR count). The summed E-state index contributed by atoms with van der Waals surface area (Å²) in [6.07, 6.45) is 1.65. The lowest BCUT2D eigenvalue weighted by molar-refractivity contribution is 0.431. The van der Waals surface area contributed by atoms with Crippen molar-refractivity contribution < 1.29 is 9.63 Å². The molecule has 1 aromatic carbocycles. The van der Waals surface area contributed by atoms with Gasteiger partial charge in [-0.2, -0.15) is 4.98 Å². The number of benzene rings is 1. The van der Waals surface area contributed by atoms with Crippen LogP contribution in [0, 0.1) is 0 Å². The van der Waals surface area contributed by atoms with Gasteiger partial charge in [0.25, 0.3) is 5.89 Å². The second kappa shape index (κ2) is 5.22. The molecule has 0 atom stereocenters. The summed E-state index contributed by atoms with van der Waals surface area (Å²) >= 11 is 9.35. The van der Waals surface area contributed by atoms with Gasteiger partial charge in [-0.05, 0) is 46.3 Å². The van der Waals surface area contributed by atoms with Crippen molar-refractivity contribution in [3.8, 4) is 28.7 Å². The van der Waals surface area contributed by atoms with Crippen LogP contribution in [0.3, 0.4) is 0 Å². The Balaban J connectivity index is 2.01. The maximum Gasteiger partial charge on any atom is 0.259 e. The van der Waals surface area contributed by atoms with Gasteiger partial charge in [0.2, 0.25) is 5.82 Å². The molecular weight excluding hydrogens is 346 g/mol. The molecular formula is C13H7BrClN3O2. The Morgan fingerprint density at radius 1 is 1.20 bits per heavy atom. The molecule has 20 heavy (non-hydrogen) atoms. The second-order valence-corrected chi connectivity index (χ2v) is 5.27. The molecule has 0 spiro atoms. The molecule has 0 aliphatic rings. The zero-order valence-electron chi connectivity index (χ0n) is 9.92. The highest BCUT2D eigenvalue weighted by molar-refractivity contribution is 9.10. The molecule has 0 amide bonds. The van der Waals surface area contributed by atoms with E-state index in [4.69, 9.17) is 16.1 Å². The molecule has 5 nitrogen and oxygen atoms in total. The van der Waals surface area contributed by atoms with Crippen LogP contribution >= 0.6 is 27.5 Å². The van der Waals surface area contributed by atoms with Gasteiger partial charge in [0.1, 0.15) is 11.4 Å². The van der Waals surface area contributed by atoms with Gasteiger partial charge in [-0.3, -0.25) is 4.98 Å². The average Bonchev–Trinajstić information content (AvgIpc) is 2.92. The Labute approximate surface area is 127 Å². The Kier molecular flexibility index (Phi) is 3.42. The molecule has 0 aliphatic heterocycles. The predicted molar refractivity (Wildman–Crippen MR) is 77.3 cm³/mol. The summed E-state index contributed by atoms with van der Waals surface area (Å²) in [5.74, 6) is 0.656. The van der Waals surface area contributed by atoms with E-state index in [1.165, 1.54) is 12.1 Å². The van der Waals surface area contributed by atoms with Gasteiger partial charge >= 0.3 is 0 Å². The number of phenols is 1. The van der Waals surface area contributed by atoms with Gasteiger partial charge in [0.15, 0.2) is 0 Å². The number of halogens is 2. The third-order valence-corrected chi connectivity index (χ3v) is 3.36. The number of hydrogen-bond donors (Lipinski definition) is 1. The van der Waals surface area contributed by atoms with Crippen molar-refractivity contribution in [1.82, 2.24) is 15.1 Å². The van der Waals surface area contributed by atoms with Gasteiger partial charge in [-0.15, -0.1) is 0 Å². The number of hydrogen-bond acceptors (Lipinski definition) is 5. The van der Waals surface area contributed by atoms with Crippen molar-refractivity contribution in [3.63, 3.8) is 0 Å². The summed E-state index contributed by atoms with van der Waals surface area (Å²) in [7, 11) is 0. The highest BCUT2D eigenvalue weighted by atomic mass is 79.9. The minimum atomic E-state index is 0.0749. The Morgan fingerprint density at radius 3 is 2.80 bits per heavy atom. The zero-order valence-corrected chi connectivity index (χ0v) is 12.3. The lowest BCUT2D eigenvalue weighted by atomic mass is 10.2. The van der Waals surface area contributed by atoms with Crippen molar-refractivity contribution in [2.45, 2.75) is 0 Å². The van der Waals surface area contributed by atoms with E-state index in [1.807, 2.05) is 6.07 Å². The molecule has 0 unspecified atom stereocenters. The lowest BCUT2D eigenvalue weighted by Crippen LogP contribution is -1.85. The summed E-state index contributed by atoms with van der Waals surface area (Å²) in [6.45, 7) is 0. The monoisotopic (exact) mass is 351 g/mol. The number of phenolic OH excluding ortho intramolecular Hbond substituents is 1. The highest BCUT2D eigenvalue weighted by Crippen LogP contribution is 2.31. The maximum atomic E-state index is 9.49. The normalized spacial score (nSPS) is 10.7. The molecule has 2 heterocycles. The third kappa shape index (κ3) is 2.52. The van der Waals surface area contributed by atoms with Gasteiger partial charge in [-0.1, -0.05) is 16.8 Å². The SMILES string of the molecule is Oc1ccc(Cl)c(-c2nc(-c3ccc(Br)cn3)no2)c1. The fourth-order valence-electron chi connectivity index (χ4n) is 1.62. The Morgan fingerprint density at radius 2 is 2.05 bits per heavy atom. The van der Waals surface area contributed by atoms with Crippen molar-refractivity contribution in [3.05, 3.63) is 46.0 Å². The topological polar surface area (TPSA) is 72.0 Å². The lowest BCUT2D eigenvalue weighted by Gasteiger charge is -1.98. The minimum Gasteiger partial charge on any atom is -0.508 e. The Hall–Kier alpha value is -1.92. The first-order chi connectivity index (χ1) is 9.63. The second-order valence-electron chi connectivity index (χ2n) is 3.95. The average molecular weight is 353 g/mol. The zero-order chi connectivity index (χ0) is 14.1. The van der Waals surface area contributed by atoms with Crippen LogP contribution < -0.4 is 0 Å². The summed E-state index contributed by atoms with van der Waals surface area (Å²) < 4.78 is 6.02. The molecule has 0 radical (unpaired) electrons. The van der Waals surface area contributed by atoms with E-state index in [9.17, 15) is 5.11 Å². The smallest absolute Gasteiger partial charge is 0.259 e. The molecule has 0 bridgehead atoms. The van der Waals surface area contributed by atoms with E-state index in [-0.39, 0.29) is 11.6 Å². The minimum absolute atomic E-state index is 0.0749. The summed E-state index contributed by atoms with van der Waals surface area (Å²) in [5.41, 5.74) is 1.06. The molecule has 1 N–H and O–H groups in total. The van der Waals surface area contributed by atoms with Crippen LogP contribution in [0.4, 0.5) is 0 Å². The predicted octanol–water partition coefficient (Wildman–Crippen LogP) is 3.92. The number of pyridine rings is 1. The van der Waals surface area contributed by atoms with E-state index in [0.717, 1.165) is 4.47 Å². The number of nitrogens with zero attached hydrogens (tertiary/aromatic N) is 3. The molecule has 0 fully saturated rings. The third-order valence-electron chi connectivity index (χ3n) is 2.56. The van der Waals surface area contributed by atoms with E-state index in [0.29, 0.717) is 22.1 Å². The van der Waals surface area contributed by atoms with Crippen molar-refractivity contribution >= 4 is 27.5 Å². The molecule has 7 heteroatoms. The van der Waals surface area contributed by atoms with Crippen LogP contribution in [-0.2, 0) is 0 Å². The highest BCUT2D eigenvalue weighted by Gasteiger charge is 2.14. The first-order valence-electron chi connectivity index (χ1n) is 5.58. The van der Waals surface area contributed by atoms with E-state index in [1.54, 1.807) is 18.3 Å². The Bertz CT molecular complexity index is 759. The van der Waals surface area contributed by atoms with Crippen molar-refractivity contribution in [1.29, 1.82) is 0 Å². The van der Waals surface area contributed by atoms with Crippen LogP contribution in [0.1, 0.15) is 0 Å². The van der Waals surface area contributed by atoms with Gasteiger partial charge < -0.3 is 9.63 Å². The van der Waals surface area contributed by atoms with Crippen LogP contribution in [-0.4, -0.2) is 20.2 Å². The first-order valence-corrected chi connectivity index (χ1v) is 6.75. The fourth-order valence-corrected chi connectivity index (χ4v) is 2.06. The summed E-state index contributed by atoms with van der Waals surface area (Å²) in [4.78, 5) is 8.41.